The molecule has 1 aliphatic rings. The Kier molecular flexibility index (Phi) is 5.93. The SMILES string of the molecule is BC1(c2ncc(C)s2)CCCCCCCCCCC1. The highest BCUT2D eigenvalue weighted by atomic mass is 32.1. The first-order valence-electron chi connectivity index (χ1n) is 8.14. The maximum Gasteiger partial charge on any atom is 0.118 e. The van der Waals surface area contributed by atoms with Crippen LogP contribution in [0.4, 0.5) is 0 Å². The lowest BCUT2D eigenvalue weighted by Crippen LogP contribution is -2.26. The monoisotopic (exact) mass is 277 g/mol. The first-order valence-corrected chi connectivity index (χ1v) is 8.95. The number of nitrogens with zero attached hydrogens (tertiary/aromatic N) is 1. The van der Waals surface area contributed by atoms with Crippen LogP contribution in [-0.2, 0) is 5.31 Å². The molecule has 106 valence electrons. The maximum atomic E-state index is 4.70. The second-order valence-corrected chi connectivity index (χ2v) is 7.75. The molecule has 1 aliphatic carbocycles. The van der Waals surface area contributed by atoms with Crippen LogP contribution in [0, 0.1) is 6.92 Å². The zero-order chi connectivity index (χ0) is 13.6. The summed E-state index contributed by atoms with van der Waals surface area (Å²) in [6.07, 6.45) is 17.6. The lowest BCUT2D eigenvalue weighted by molar-refractivity contribution is 0.430. The summed E-state index contributed by atoms with van der Waals surface area (Å²) in [5.74, 6) is 0. The van der Waals surface area contributed by atoms with Gasteiger partial charge in [0.1, 0.15) is 7.85 Å². The van der Waals surface area contributed by atoms with Crippen LogP contribution in [0.5, 0.6) is 0 Å². The van der Waals surface area contributed by atoms with Crippen LogP contribution in [0.25, 0.3) is 0 Å². The lowest BCUT2D eigenvalue weighted by atomic mass is 9.63. The number of hydrogen-bond donors (Lipinski definition) is 0. The average molecular weight is 277 g/mol. The molecule has 0 unspecified atom stereocenters. The van der Waals surface area contributed by atoms with Crippen molar-refractivity contribution in [1.29, 1.82) is 0 Å². The van der Waals surface area contributed by atoms with E-state index in [1.807, 2.05) is 11.3 Å². The summed E-state index contributed by atoms with van der Waals surface area (Å²) in [6.45, 7) is 2.18. The van der Waals surface area contributed by atoms with E-state index in [-0.39, 0.29) is 0 Å². The van der Waals surface area contributed by atoms with Crippen molar-refractivity contribution in [2.24, 2.45) is 0 Å². The van der Waals surface area contributed by atoms with Gasteiger partial charge in [0, 0.05) is 11.1 Å². The molecule has 3 heteroatoms. The molecule has 1 aromatic rings. The molecule has 2 rings (SSSR count). The molecule has 1 heterocycles. The molecular weight excluding hydrogens is 249 g/mol. The minimum atomic E-state index is 0.345. The van der Waals surface area contributed by atoms with Crippen LogP contribution in [0.3, 0.4) is 0 Å². The van der Waals surface area contributed by atoms with E-state index >= 15 is 0 Å². The van der Waals surface area contributed by atoms with Crippen LogP contribution in [0.2, 0.25) is 0 Å². The average Bonchev–Trinajstić information content (AvgIpc) is 2.81. The molecule has 1 nitrogen and oxygen atoms in total. The zero-order valence-electron chi connectivity index (χ0n) is 12.7. The minimum Gasteiger partial charge on any atom is -0.250 e. The first kappa shape index (κ1) is 15.1. The Morgan fingerprint density at radius 2 is 1.42 bits per heavy atom. The van der Waals surface area contributed by atoms with Gasteiger partial charge < -0.3 is 0 Å². The molecule has 0 spiro atoms. The van der Waals surface area contributed by atoms with Gasteiger partial charge in [0.2, 0.25) is 0 Å². The third-order valence-electron chi connectivity index (χ3n) is 4.59. The van der Waals surface area contributed by atoms with Crippen molar-refractivity contribution < 1.29 is 0 Å². The van der Waals surface area contributed by atoms with Crippen molar-refractivity contribution in [3.63, 3.8) is 0 Å². The largest absolute Gasteiger partial charge is 0.250 e. The van der Waals surface area contributed by atoms with E-state index in [1.54, 1.807) is 0 Å². The smallest absolute Gasteiger partial charge is 0.118 e. The molecule has 0 aromatic carbocycles. The number of rotatable bonds is 1. The van der Waals surface area contributed by atoms with Gasteiger partial charge in [-0.2, -0.15) is 0 Å². The fourth-order valence-electron chi connectivity index (χ4n) is 3.24. The third-order valence-corrected chi connectivity index (χ3v) is 5.81. The van der Waals surface area contributed by atoms with Crippen LogP contribution in [0.15, 0.2) is 6.20 Å². The Morgan fingerprint density at radius 1 is 0.947 bits per heavy atom. The fraction of sp³-hybridized carbons (Fsp3) is 0.812. The second kappa shape index (κ2) is 7.47. The van der Waals surface area contributed by atoms with Crippen molar-refractivity contribution in [3.8, 4) is 0 Å². The van der Waals surface area contributed by atoms with Gasteiger partial charge in [-0.1, -0.05) is 57.8 Å². The van der Waals surface area contributed by atoms with E-state index in [2.05, 4.69) is 21.0 Å². The first-order chi connectivity index (χ1) is 9.21. The zero-order valence-corrected chi connectivity index (χ0v) is 13.5. The summed E-state index contributed by atoms with van der Waals surface area (Å²) in [7, 11) is 2.46. The Hall–Kier alpha value is -0.305. The molecule has 0 saturated heterocycles. The number of hydrogen-bond acceptors (Lipinski definition) is 2. The van der Waals surface area contributed by atoms with Crippen molar-refractivity contribution in [2.45, 2.75) is 82.9 Å². The quantitative estimate of drug-likeness (QED) is 0.684. The molecule has 0 radical (unpaired) electrons. The predicted octanol–water partition coefficient (Wildman–Crippen LogP) is 4.58. The highest BCUT2D eigenvalue weighted by Gasteiger charge is 2.28. The van der Waals surface area contributed by atoms with E-state index in [0.717, 1.165) is 0 Å². The molecule has 0 N–H and O–H groups in total. The van der Waals surface area contributed by atoms with Crippen LogP contribution in [0.1, 0.15) is 80.5 Å². The van der Waals surface area contributed by atoms with Crippen molar-refractivity contribution >= 4 is 19.2 Å². The number of aryl methyl sites for hydroxylation is 1. The van der Waals surface area contributed by atoms with E-state index in [9.17, 15) is 0 Å². The molecule has 0 atom stereocenters. The number of aromatic nitrogens is 1. The van der Waals surface area contributed by atoms with E-state index in [0.29, 0.717) is 5.31 Å². The van der Waals surface area contributed by atoms with E-state index in [1.165, 1.54) is 80.5 Å². The number of thiazole rings is 1. The second-order valence-electron chi connectivity index (χ2n) is 6.52. The predicted molar refractivity (Wildman–Crippen MR) is 87.9 cm³/mol. The molecule has 0 amide bonds. The molecule has 1 fully saturated rings. The highest BCUT2D eigenvalue weighted by Crippen LogP contribution is 2.35. The van der Waals surface area contributed by atoms with Gasteiger partial charge in [-0.25, -0.2) is 4.98 Å². The van der Waals surface area contributed by atoms with Gasteiger partial charge in [-0.05, 0) is 25.1 Å². The molecule has 1 saturated carbocycles. The summed E-state index contributed by atoms with van der Waals surface area (Å²) in [4.78, 5) is 6.06. The fourth-order valence-corrected chi connectivity index (χ4v) is 4.21. The summed E-state index contributed by atoms with van der Waals surface area (Å²) < 4.78 is 0. The summed E-state index contributed by atoms with van der Waals surface area (Å²) >= 11 is 1.92. The minimum absolute atomic E-state index is 0.345. The Labute approximate surface area is 123 Å². The Morgan fingerprint density at radius 3 is 1.84 bits per heavy atom. The molecule has 0 aliphatic heterocycles. The third kappa shape index (κ3) is 4.63. The summed E-state index contributed by atoms with van der Waals surface area (Å²) in [6, 6.07) is 0. The molecule has 19 heavy (non-hydrogen) atoms. The van der Waals surface area contributed by atoms with Gasteiger partial charge >= 0.3 is 0 Å². The summed E-state index contributed by atoms with van der Waals surface area (Å²) in [5.41, 5.74) is 0. The van der Waals surface area contributed by atoms with Gasteiger partial charge in [-0.3, -0.25) is 0 Å². The standard InChI is InChI=1S/C16H28BNS/c1-14-13-18-15(19-14)16(17)11-9-7-5-3-2-4-6-8-10-12-16/h13H,2-12,17H2,1H3. The van der Waals surface area contributed by atoms with Crippen molar-refractivity contribution in [3.05, 3.63) is 16.1 Å². The normalized spacial score (nSPS) is 22.4. The van der Waals surface area contributed by atoms with Gasteiger partial charge in [0.15, 0.2) is 0 Å². The topological polar surface area (TPSA) is 12.9 Å². The van der Waals surface area contributed by atoms with Crippen LogP contribution >= 0.6 is 11.3 Å². The molecule has 1 aromatic heterocycles. The van der Waals surface area contributed by atoms with Gasteiger partial charge in [0.25, 0.3) is 0 Å². The van der Waals surface area contributed by atoms with Crippen LogP contribution < -0.4 is 0 Å². The van der Waals surface area contributed by atoms with Crippen LogP contribution in [-0.4, -0.2) is 12.8 Å². The highest BCUT2D eigenvalue weighted by molar-refractivity contribution is 7.11. The Bertz CT molecular complexity index is 363. The van der Waals surface area contributed by atoms with Crippen molar-refractivity contribution in [1.82, 2.24) is 4.98 Å². The van der Waals surface area contributed by atoms with Gasteiger partial charge in [-0.15, -0.1) is 11.3 Å². The summed E-state index contributed by atoms with van der Waals surface area (Å²) in [5, 5.41) is 1.74. The van der Waals surface area contributed by atoms with Crippen molar-refractivity contribution in [2.75, 3.05) is 0 Å². The molecule has 0 bridgehead atoms. The van der Waals surface area contributed by atoms with Gasteiger partial charge in [0.05, 0.1) is 5.01 Å². The van der Waals surface area contributed by atoms with E-state index < -0.39 is 0 Å². The Balaban J connectivity index is 2.01. The van der Waals surface area contributed by atoms with E-state index in [4.69, 9.17) is 4.98 Å². The molecular formula is C16H28BNS. The maximum absolute atomic E-state index is 4.70. The lowest BCUT2D eigenvalue weighted by Gasteiger charge is -2.28.